The van der Waals surface area contributed by atoms with E-state index < -0.39 is 0 Å². The van der Waals surface area contributed by atoms with Crippen LogP contribution in [-0.2, 0) is 11.3 Å². The van der Waals surface area contributed by atoms with Crippen molar-refractivity contribution in [3.63, 3.8) is 0 Å². The second-order valence-electron chi connectivity index (χ2n) is 6.20. The zero-order chi connectivity index (χ0) is 20.6. The third-order valence-electron chi connectivity index (χ3n) is 4.10. The summed E-state index contributed by atoms with van der Waals surface area (Å²) < 4.78 is 12.0. The molecule has 2 aromatic carbocycles. The van der Waals surface area contributed by atoms with Crippen LogP contribution in [0.1, 0.15) is 13.8 Å². The van der Waals surface area contributed by atoms with E-state index in [0.29, 0.717) is 24.6 Å². The highest BCUT2D eigenvalue weighted by Crippen LogP contribution is 2.19. The maximum atomic E-state index is 12.4. The third kappa shape index (κ3) is 5.44. The lowest BCUT2D eigenvalue weighted by Crippen LogP contribution is -2.27. The number of carbonyl (C=O) groups is 1. The molecular weight excluding hydrogens is 370 g/mol. The van der Waals surface area contributed by atoms with E-state index in [2.05, 4.69) is 10.3 Å². The predicted molar refractivity (Wildman–Crippen MR) is 111 cm³/mol. The van der Waals surface area contributed by atoms with Crippen molar-refractivity contribution in [1.29, 1.82) is 0 Å². The summed E-state index contributed by atoms with van der Waals surface area (Å²) in [5.41, 5.74) is 1.67. The van der Waals surface area contributed by atoms with Crippen molar-refractivity contribution in [3.05, 3.63) is 71.3 Å². The van der Waals surface area contributed by atoms with Crippen molar-refractivity contribution in [3.8, 4) is 22.8 Å². The van der Waals surface area contributed by atoms with Gasteiger partial charge in [0.1, 0.15) is 18.0 Å². The number of rotatable bonds is 8. The van der Waals surface area contributed by atoms with Crippen LogP contribution in [0.15, 0.2) is 65.7 Å². The van der Waals surface area contributed by atoms with Gasteiger partial charge in [-0.3, -0.25) is 14.2 Å². The van der Waals surface area contributed by atoms with Gasteiger partial charge >= 0.3 is 0 Å². The van der Waals surface area contributed by atoms with E-state index >= 15 is 0 Å². The summed E-state index contributed by atoms with van der Waals surface area (Å²) in [4.78, 5) is 28.9. The minimum atomic E-state index is -0.313. The number of ether oxygens (including phenoxy) is 2. The van der Waals surface area contributed by atoms with Crippen LogP contribution in [0, 0.1) is 0 Å². The molecule has 0 aliphatic carbocycles. The van der Waals surface area contributed by atoms with Crippen LogP contribution >= 0.6 is 0 Å². The topological polar surface area (TPSA) is 82.4 Å². The molecule has 3 rings (SSSR count). The Kier molecular flexibility index (Phi) is 6.63. The van der Waals surface area contributed by atoms with Crippen molar-refractivity contribution < 1.29 is 14.3 Å². The molecule has 0 radical (unpaired) electrons. The summed E-state index contributed by atoms with van der Waals surface area (Å²) in [5, 5.41) is 2.76. The quantitative estimate of drug-likeness (QED) is 0.635. The maximum absolute atomic E-state index is 12.4. The Morgan fingerprint density at radius 2 is 1.55 bits per heavy atom. The van der Waals surface area contributed by atoms with Gasteiger partial charge in [0, 0.05) is 17.3 Å². The second-order valence-corrected chi connectivity index (χ2v) is 6.20. The molecule has 29 heavy (non-hydrogen) atoms. The van der Waals surface area contributed by atoms with Crippen molar-refractivity contribution >= 4 is 11.6 Å². The van der Waals surface area contributed by atoms with Crippen molar-refractivity contribution in [2.24, 2.45) is 0 Å². The van der Waals surface area contributed by atoms with Crippen LogP contribution in [0.25, 0.3) is 11.3 Å². The Bertz CT molecular complexity index is 1010. The SMILES string of the molecule is CCOc1ccc(NC(=O)Cn2cnc(-c3ccc(OCC)cc3)cc2=O)cc1. The Labute approximate surface area is 168 Å². The van der Waals surface area contributed by atoms with Crippen LogP contribution in [0.2, 0.25) is 0 Å². The molecule has 0 aliphatic heterocycles. The molecule has 7 nitrogen and oxygen atoms in total. The highest BCUT2D eigenvalue weighted by Gasteiger charge is 2.08. The fraction of sp³-hybridized carbons (Fsp3) is 0.227. The van der Waals surface area contributed by atoms with Crippen molar-refractivity contribution in [2.45, 2.75) is 20.4 Å². The molecule has 0 saturated carbocycles. The Hall–Kier alpha value is -3.61. The summed E-state index contributed by atoms with van der Waals surface area (Å²) >= 11 is 0. The molecule has 0 saturated heterocycles. The number of amides is 1. The third-order valence-corrected chi connectivity index (χ3v) is 4.10. The Balaban J connectivity index is 1.65. The van der Waals surface area contributed by atoms with Gasteiger partial charge < -0.3 is 14.8 Å². The van der Waals surface area contributed by atoms with E-state index in [1.807, 2.05) is 38.1 Å². The first kappa shape index (κ1) is 20.1. The molecule has 7 heteroatoms. The molecule has 0 bridgehead atoms. The minimum absolute atomic E-state index is 0.122. The highest BCUT2D eigenvalue weighted by molar-refractivity contribution is 5.90. The normalized spacial score (nSPS) is 10.4. The van der Waals surface area contributed by atoms with Crippen LogP contribution in [0.4, 0.5) is 5.69 Å². The molecule has 1 amide bonds. The molecule has 0 unspecified atom stereocenters. The highest BCUT2D eigenvalue weighted by atomic mass is 16.5. The summed E-state index contributed by atoms with van der Waals surface area (Å²) in [5.74, 6) is 1.18. The fourth-order valence-electron chi connectivity index (χ4n) is 2.75. The smallest absolute Gasteiger partial charge is 0.254 e. The fourth-order valence-corrected chi connectivity index (χ4v) is 2.75. The number of aromatic nitrogens is 2. The van der Waals surface area contributed by atoms with E-state index in [1.54, 1.807) is 24.3 Å². The first-order valence-corrected chi connectivity index (χ1v) is 9.41. The standard InChI is InChI=1S/C22H23N3O4/c1-3-28-18-9-5-16(6-10-18)20-13-22(27)25(15-23-20)14-21(26)24-17-7-11-19(12-8-17)29-4-2/h5-13,15H,3-4,14H2,1-2H3,(H,24,26). The van der Waals surface area contributed by atoms with Gasteiger partial charge in [0.15, 0.2) is 0 Å². The predicted octanol–water partition coefficient (Wildman–Crippen LogP) is 3.35. The first-order chi connectivity index (χ1) is 14.1. The first-order valence-electron chi connectivity index (χ1n) is 9.41. The average molecular weight is 393 g/mol. The van der Waals surface area contributed by atoms with Crippen LogP contribution < -0.4 is 20.3 Å². The molecular formula is C22H23N3O4. The summed E-state index contributed by atoms with van der Waals surface area (Å²) in [6, 6.07) is 15.8. The molecule has 0 spiro atoms. The van der Waals surface area contributed by atoms with Crippen LogP contribution in [-0.4, -0.2) is 28.7 Å². The number of hydrogen-bond donors (Lipinski definition) is 1. The summed E-state index contributed by atoms with van der Waals surface area (Å²) in [6.07, 6.45) is 1.38. The van der Waals surface area contributed by atoms with Gasteiger partial charge in [-0.05, 0) is 62.4 Å². The Morgan fingerprint density at radius 1 is 0.966 bits per heavy atom. The van der Waals surface area contributed by atoms with Crippen LogP contribution in [0.3, 0.4) is 0 Å². The van der Waals surface area contributed by atoms with Gasteiger partial charge in [-0.15, -0.1) is 0 Å². The number of carbonyl (C=O) groups excluding carboxylic acids is 1. The average Bonchev–Trinajstić information content (AvgIpc) is 2.72. The number of nitrogens with zero attached hydrogens (tertiary/aromatic N) is 2. The number of hydrogen-bond acceptors (Lipinski definition) is 5. The van der Waals surface area contributed by atoms with E-state index in [4.69, 9.17) is 9.47 Å². The summed E-state index contributed by atoms with van der Waals surface area (Å²) in [7, 11) is 0. The molecule has 1 heterocycles. The van der Waals surface area contributed by atoms with Crippen molar-refractivity contribution in [1.82, 2.24) is 9.55 Å². The van der Waals surface area contributed by atoms with E-state index in [-0.39, 0.29) is 18.0 Å². The molecule has 0 aliphatic rings. The van der Waals surface area contributed by atoms with Gasteiger partial charge in [0.2, 0.25) is 5.91 Å². The maximum Gasteiger partial charge on any atom is 0.254 e. The van der Waals surface area contributed by atoms with Gasteiger partial charge in [0.05, 0.1) is 25.2 Å². The number of nitrogens with one attached hydrogen (secondary N) is 1. The summed E-state index contributed by atoms with van der Waals surface area (Å²) in [6.45, 7) is 4.87. The van der Waals surface area contributed by atoms with Gasteiger partial charge in [-0.2, -0.15) is 0 Å². The van der Waals surface area contributed by atoms with E-state index in [0.717, 1.165) is 17.1 Å². The van der Waals surface area contributed by atoms with E-state index in [1.165, 1.54) is 17.0 Å². The lowest BCUT2D eigenvalue weighted by atomic mass is 10.1. The Morgan fingerprint density at radius 3 is 2.10 bits per heavy atom. The minimum Gasteiger partial charge on any atom is -0.494 e. The second kappa shape index (κ2) is 9.54. The van der Waals surface area contributed by atoms with Gasteiger partial charge in [0.25, 0.3) is 5.56 Å². The number of benzene rings is 2. The lowest BCUT2D eigenvalue weighted by molar-refractivity contribution is -0.116. The van der Waals surface area contributed by atoms with Gasteiger partial charge in [-0.1, -0.05) is 0 Å². The largest absolute Gasteiger partial charge is 0.494 e. The molecule has 1 aromatic heterocycles. The van der Waals surface area contributed by atoms with E-state index in [9.17, 15) is 9.59 Å². The van der Waals surface area contributed by atoms with Crippen LogP contribution in [0.5, 0.6) is 11.5 Å². The van der Waals surface area contributed by atoms with Crippen molar-refractivity contribution in [2.75, 3.05) is 18.5 Å². The zero-order valence-corrected chi connectivity index (χ0v) is 16.4. The number of anilines is 1. The van der Waals surface area contributed by atoms with Gasteiger partial charge in [-0.25, -0.2) is 4.98 Å². The molecule has 3 aromatic rings. The lowest BCUT2D eigenvalue weighted by Gasteiger charge is -2.09. The molecule has 150 valence electrons. The monoisotopic (exact) mass is 393 g/mol. The molecule has 0 fully saturated rings. The molecule has 0 atom stereocenters. The molecule has 1 N–H and O–H groups in total. The zero-order valence-electron chi connectivity index (χ0n) is 16.4.